The molecule has 3 fully saturated rings. The van der Waals surface area contributed by atoms with Crippen LogP contribution >= 0.6 is 0 Å². The highest BCUT2D eigenvalue weighted by Gasteiger charge is 2.75. The zero-order valence-electron chi connectivity index (χ0n) is 18.6. The number of hydrogen-bond donors (Lipinski definition) is 1. The third kappa shape index (κ3) is 3.43. The SMILES string of the molecule is Cc1ccnc(C(=O)N2CC3CC34CC(Nc3ccc(C(F)(F)F)cn3)C24)c1-c1ncc(F)cn1. The maximum atomic E-state index is 13.7. The van der Waals surface area contributed by atoms with E-state index in [2.05, 4.69) is 25.3 Å². The molecule has 1 amide bonds. The van der Waals surface area contributed by atoms with Gasteiger partial charge in [0.2, 0.25) is 0 Å². The number of halogens is 4. The van der Waals surface area contributed by atoms with Crippen molar-refractivity contribution in [2.45, 2.75) is 38.0 Å². The Morgan fingerprint density at radius 2 is 1.86 bits per heavy atom. The maximum Gasteiger partial charge on any atom is 0.417 e. The van der Waals surface area contributed by atoms with Crippen LogP contribution in [0.25, 0.3) is 11.4 Å². The van der Waals surface area contributed by atoms with Crippen molar-refractivity contribution in [3.63, 3.8) is 0 Å². The Labute approximate surface area is 197 Å². The standard InChI is InChI=1S/C24H20F4N6O/c1-12-4-5-29-19(18(12)21-31-9-15(25)10-32-21)22(35)34-11-14-6-23(14)7-16(20(23)34)33-17-3-2-13(8-30-17)24(26,27)28/h2-5,8-10,14,16,20H,6-7,11H2,1H3,(H,30,33). The van der Waals surface area contributed by atoms with Crippen molar-refractivity contribution in [1.82, 2.24) is 24.8 Å². The lowest BCUT2D eigenvalue weighted by molar-refractivity contribution is -0.137. The number of amides is 1. The minimum Gasteiger partial charge on any atom is -0.365 e. The third-order valence-corrected chi connectivity index (χ3v) is 7.49. The quantitative estimate of drug-likeness (QED) is 0.561. The van der Waals surface area contributed by atoms with Gasteiger partial charge in [0, 0.05) is 25.0 Å². The number of nitrogens with zero attached hydrogens (tertiary/aromatic N) is 5. The summed E-state index contributed by atoms with van der Waals surface area (Å²) in [4.78, 5) is 31.9. The van der Waals surface area contributed by atoms with Gasteiger partial charge in [-0.2, -0.15) is 13.2 Å². The molecule has 6 rings (SSSR count). The molecule has 1 aliphatic heterocycles. The first kappa shape index (κ1) is 21.9. The molecule has 0 bridgehead atoms. The Kier molecular flexibility index (Phi) is 4.64. The molecule has 1 spiro atoms. The number of carbonyl (C=O) groups is 1. The molecular formula is C24H20F4N6O. The molecule has 35 heavy (non-hydrogen) atoms. The molecule has 0 radical (unpaired) electrons. The number of aromatic nitrogens is 4. The average molecular weight is 484 g/mol. The number of likely N-dealkylation sites (tertiary alicyclic amines) is 1. The van der Waals surface area contributed by atoms with Crippen molar-refractivity contribution in [1.29, 1.82) is 0 Å². The molecule has 2 saturated carbocycles. The van der Waals surface area contributed by atoms with E-state index in [-0.39, 0.29) is 34.9 Å². The minimum absolute atomic E-state index is 0.0373. The molecule has 0 aromatic carbocycles. The Bertz CT molecular complexity index is 1310. The number of piperidine rings is 1. The number of aryl methyl sites for hydroxylation is 1. The highest BCUT2D eigenvalue weighted by Crippen LogP contribution is 2.71. The lowest BCUT2D eigenvalue weighted by Crippen LogP contribution is -2.60. The average Bonchev–Trinajstić information content (AvgIpc) is 3.47. The first-order valence-electron chi connectivity index (χ1n) is 11.2. The van der Waals surface area contributed by atoms with Gasteiger partial charge < -0.3 is 10.2 Å². The minimum atomic E-state index is -4.45. The highest BCUT2D eigenvalue weighted by molar-refractivity contribution is 5.99. The number of alkyl halides is 3. The number of nitrogens with one attached hydrogen (secondary N) is 1. The Hall–Kier alpha value is -3.63. The second kappa shape index (κ2) is 7.43. The Morgan fingerprint density at radius 1 is 1.09 bits per heavy atom. The van der Waals surface area contributed by atoms with Crippen LogP contribution in [0.3, 0.4) is 0 Å². The molecule has 3 aromatic rings. The van der Waals surface area contributed by atoms with E-state index in [4.69, 9.17) is 0 Å². The summed E-state index contributed by atoms with van der Waals surface area (Å²) in [5.74, 6) is 0.107. The fraction of sp³-hybridized carbons (Fsp3) is 0.375. The predicted molar refractivity (Wildman–Crippen MR) is 117 cm³/mol. The van der Waals surface area contributed by atoms with E-state index >= 15 is 0 Å². The van der Waals surface area contributed by atoms with E-state index in [1.807, 2.05) is 6.92 Å². The van der Waals surface area contributed by atoms with Gasteiger partial charge in [0.15, 0.2) is 11.6 Å². The smallest absolute Gasteiger partial charge is 0.365 e. The van der Waals surface area contributed by atoms with E-state index in [0.29, 0.717) is 23.8 Å². The first-order valence-corrected chi connectivity index (χ1v) is 11.2. The van der Waals surface area contributed by atoms with E-state index in [9.17, 15) is 22.4 Å². The molecule has 4 atom stereocenters. The molecule has 1 saturated heterocycles. The van der Waals surface area contributed by atoms with Crippen molar-refractivity contribution < 1.29 is 22.4 Å². The van der Waals surface area contributed by atoms with Gasteiger partial charge in [0.25, 0.3) is 5.91 Å². The lowest BCUT2D eigenvalue weighted by Gasteiger charge is -2.48. The van der Waals surface area contributed by atoms with Crippen LogP contribution in [-0.4, -0.2) is 49.4 Å². The van der Waals surface area contributed by atoms with Gasteiger partial charge in [-0.25, -0.2) is 19.3 Å². The summed E-state index contributed by atoms with van der Waals surface area (Å²) >= 11 is 0. The van der Waals surface area contributed by atoms with E-state index < -0.39 is 17.6 Å². The molecule has 3 aliphatic rings. The highest BCUT2D eigenvalue weighted by atomic mass is 19.4. The fourth-order valence-corrected chi connectivity index (χ4v) is 5.78. The summed E-state index contributed by atoms with van der Waals surface area (Å²) in [7, 11) is 0. The van der Waals surface area contributed by atoms with Gasteiger partial charge in [-0.1, -0.05) is 0 Å². The van der Waals surface area contributed by atoms with Gasteiger partial charge in [0.1, 0.15) is 11.5 Å². The molecular weight excluding hydrogens is 464 g/mol. The molecule has 1 N–H and O–H groups in total. The topological polar surface area (TPSA) is 83.9 Å². The Morgan fingerprint density at radius 3 is 2.54 bits per heavy atom. The molecule has 7 nitrogen and oxygen atoms in total. The summed E-state index contributed by atoms with van der Waals surface area (Å²) in [5, 5.41) is 3.22. The molecule has 180 valence electrons. The van der Waals surface area contributed by atoms with Crippen LogP contribution in [0.15, 0.2) is 43.0 Å². The first-order chi connectivity index (χ1) is 16.7. The maximum absolute atomic E-state index is 13.7. The number of hydrogen-bond acceptors (Lipinski definition) is 6. The van der Waals surface area contributed by atoms with Crippen molar-refractivity contribution in [2.75, 3.05) is 11.9 Å². The van der Waals surface area contributed by atoms with E-state index in [1.54, 1.807) is 17.2 Å². The van der Waals surface area contributed by atoms with Gasteiger partial charge in [0.05, 0.1) is 29.6 Å². The summed E-state index contributed by atoms with van der Waals surface area (Å²) in [6.45, 7) is 2.40. The van der Waals surface area contributed by atoms with Gasteiger partial charge in [-0.15, -0.1) is 0 Å². The normalized spacial score (nSPS) is 26.5. The van der Waals surface area contributed by atoms with Crippen LogP contribution in [0.4, 0.5) is 23.4 Å². The predicted octanol–water partition coefficient (Wildman–Crippen LogP) is 4.12. The second-order valence-corrected chi connectivity index (χ2v) is 9.50. The monoisotopic (exact) mass is 484 g/mol. The van der Waals surface area contributed by atoms with E-state index in [0.717, 1.165) is 43.1 Å². The summed E-state index contributed by atoms with van der Waals surface area (Å²) in [5.41, 5.74) is 0.627. The van der Waals surface area contributed by atoms with Gasteiger partial charge in [-0.05, 0) is 54.9 Å². The number of rotatable bonds is 4. The molecule has 4 unspecified atom stereocenters. The third-order valence-electron chi connectivity index (χ3n) is 7.49. The molecule has 3 aromatic heterocycles. The second-order valence-electron chi connectivity index (χ2n) is 9.50. The van der Waals surface area contributed by atoms with Crippen molar-refractivity contribution in [3.05, 3.63) is 65.6 Å². The zero-order chi connectivity index (χ0) is 24.5. The van der Waals surface area contributed by atoms with Crippen LogP contribution < -0.4 is 5.32 Å². The van der Waals surface area contributed by atoms with Crippen LogP contribution in [0.1, 0.15) is 34.5 Å². The van der Waals surface area contributed by atoms with Crippen molar-refractivity contribution >= 4 is 11.7 Å². The Balaban J connectivity index is 1.27. The van der Waals surface area contributed by atoms with Crippen LogP contribution in [0.5, 0.6) is 0 Å². The summed E-state index contributed by atoms with van der Waals surface area (Å²) in [6, 6.07) is 3.80. The van der Waals surface area contributed by atoms with Gasteiger partial charge in [-0.3, -0.25) is 9.78 Å². The lowest BCUT2D eigenvalue weighted by atomic mass is 9.71. The van der Waals surface area contributed by atoms with Gasteiger partial charge >= 0.3 is 6.18 Å². The van der Waals surface area contributed by atoms with Crippen LogP contribution in [0, 0.1) is 24.1 Å². The number of carbonyl (C=O) groups excluding carboxylic acids is 1. The molecule has 4 heterocycles. The van der Waals surface area contributed by atoms with Crippen LogP contribution in [-0.2, 0) is 6.18 Å². The molecule has 11 heteroatoms. The molecule has 2 aliphatic carbocycles. The van der Waals surface area contributed by atoms with Crippen molar-refractivity contribution in [2.24, 2.45) is 11.3 Å². The number of pyridine rings is 2. The van der Waals surface area contributed by atoms with Crippen LogP contribution in [0.2, 0.25) is 0 Å². The fourth-order valence-electron chi connectivity index (χ4n) is 5.78. The van der Waals surface area contributed by atoms with E-state index in [1.165, 1.54) is 6.07 Å². The zero-order valence-corrected chi connectivity index (χ0v) is 18.6. The largest absolute Gasteiger partial charge is 0.417 e. The number of anilines is 1. The van der Waals surface area contributed by atoms with Crippen molar-refractivity contribution in [3.8, 4) is 11.4 Å². The summed E-state index contributed by atoms with van der Waals surface area (Å²) < 4.78 is 52.0. The summed E-state index contributed by atoms with van der Waals surface area (Å²) in [6.07, 6.45) is 1.84.